The van der Waals surface area contributed by atoms with Gasteiger partial charge in [-0.05, 0) is 49.1 Å². The van der Waals surface area contributed by atoms with Gasteiger partial charge < -0.3 is 14.8 Å². The number of anilines is 1. The predicted octanol–water partition coefficient (Wildman–Crippen LogP) is 4.76. The number of nitrogens with one attached hydrogen (secondary N) is 2. The van der Waals surface area contributed by atoms with E-state index in [-0.39, 0.29) is 18.9 Å². The molecule has 1 saturated heterocycles. The number of hydrogen-bond acceptors (Lipinski definition) is 4. The highest BCUT2D eigenvalue weighted by Gasteiger charge is 2.36. The van der Waals surface area contributed by atoms with Crippen LogP contribution in [-0.4, -0.2) is 37.4 Å². The maximum absolute atomic E-state index is 12.7. The zero-order valence-corrected chi connectivity index (χ0v) is 18.2. The summed E-state index contributed by atoms with van der Waals surface area (Å²) in [5.74, 6) is -0.181. The lowest BCUT2D eigenvalue weighted by atomic mass is 9.90. The highest BCUT2D eigenvalue weighted by molar-refractivity contribution is 6.32. The Morgan fingerprint density at radius 3 is 2.50 bits per heavy atom. The highest BCUT2D eigenvalue weighted by atomic mass is 35.5. The molecule has 1 heterocycles. The molecule has 0 radical (unpaired) electrons. The molecule has 0 atom stereocenters. The molecule has 0 unspecified atom stereocenters. The maximum Gasteiger partial charge on any atom is 0.411 e. The van der Waals surface area contributed by atoms with E-state index < -0.39 is 11.6 Å². The fourth-order valence-corrected chi connectivity index (χ4v) is 3.69. The van der Waals surface area contributed by atoms with E-state index in [0.717, 1.165) is 11.1 Å². The summed E-state index contributed by atoms with van der Waals surface area (Å²) in [5, 5.41) is 6.84. The Hall–Kier alpha value is -2.28. The lowest BCUT2D eigenvalue weighted by Gasteiger charge is -2.37. The van der Waals surface area contributed by atoms with Gasteiger partial charge in [-0.2, -0.15) is 0 Å². The summed E-state index contributed by atoms with van der Waals surface area (Å²) in [5.41, 5.74) is 1.40. The molecule has 2 aromatic carbocycles. The van der Waals surface area contributed by atoms with Crippen LogP contribution < -0.4 is 10.6 Å². The van der Waals surface area contributed by atoms with Crippen molar-refractivity contribution < 1.29 is 19.1 Å². The Labute approximate surface area is 185 Å². The van der Waals surface area contributed by atoms with Gasteiger partial charge in [-0.1, -0.05) is 47.5 Å². The van der Waals surface area contributed by atoms with E-state index in [1.54, 1.807) is 24.3 Å². The average molecular weight is 451 g/mol. The summed E-state index contributed by atoms with van der Waals surface area (Å²) in [6, 6.07) is 12.5. The molecule has 1 fully saturated rings. The molecule has 0 aliphatic carbocycles. The first kappa shape index (κ1) is 22.4. The summed E-state index contributed by atoms with van der Waals surface area (Å²) in [6.45, 7) is 2.80. The summed E-state index contributed by atoms with van der Waals surface area (Å²) in [7, 11) is 0. The fourth-order valence-electron chi connectivity index (χ4n) is 3.31. The maximum atomic E-state index is 12.7. The standard InChI is InChI=1S/C22H24Cl2N2O4/c1-15-17(23)7-4-8-19(15)25-21(28)30-14-22(9-11-29-12-10-22)26-20(27)13-16-5-2-3-6-18(16)24/h2-8H,9-14H2,1H3,(H,25,28)(H,26,27). The minimum absolute atomic E-state index is 0.0378. The second-order valence-electron chi connectivity index (χ2n) is 7.32. The first-order chi connectivity index (χ1) is 14.4. The molecule has 0 bridgehead atoms. The smallest absolute Gasteiger partial charge is 0.411 e. The molecule has 160 valence electrons. The largest absolute Gasteiger partial charge is 0.447 e. The van der Waals surface area contributed by atoms with Gasteiger partial charge in [-0.15, -0.1) is 0 Å². The molecule has 8 heteroatoms. The van der Waals surface area contributed by atoms with Crippen molar-refractivity contribution in [2.45, 2.75) is 31.7 Å². The van der Waals surface area contributed by atoms with Gasteiger partial charge in [-0.3, -0.25) is 10.1 Å². The third kappa shape index (κ3) is 5.88. The van der Waals surface area contributed by atoms with E-state index in [1.165, 1.54) is 0 Å². The lowest BCUT2D eigenvalue weighted by molar-refractivity contribution is -0.124. The SMILES string of the molecule is Cc1c(Cl)cccc1NC(=O)OCC1(NC(=O)Cc2ccccc2Cl)CCOCC1. The molecule has 3 rings (SSSR count). The molecule has 1 aliphatic rings. The topological polar surface area (TPSA) is 76.7 Å². The van der Waals surface area contributed by atoms with Crippen molar-refractivity contribution in [1.82, 2.24) is 5.32 Å². The lowest BCUT2D eigenvalue weighted by Crippen LogP contribution is -2.56. The van der Waals surface area contributed by atoms with E-state index in [1.807, 2.05) is 25.1 Å². The molecular weight excluding hydrogens is 427 g/mol. The number of ether oxygens (including phenoxy) is 2. The predicted molar refractivity (Wildman–Crippen MR) is 117 cm³/mol. The Balaban J connectivity index is 1.62. The molecule has 30 heavy (non-hydrogen) atoms. The molecule has 2 amide bonds. The molecule has 2 N–H and O–H groups in total. The number of rotatable bonds is 6. The molecule has 0 saturated carbocycles. The van der Waals surface area contributed by atoms with Crippen LogP contribution in [0, 0.1) is 6.92 Å². The van der Waals surface area contributed by atoms with E-state index in [2.05, 4.69) is 10.6 Å². The zero-order valence-electron chi connectivity index (χ0n) is 16.7. The summed E-state index contributed by atoms with van der Waals surface area (Å²) in [6.07, 6.45) is 0.637. The van der Waals surface area contributed by atoms with Crippen LogP contribution in [-0.2, 0) is 20.7 Å². The van der Waals surface area contributed by atoms with Gasteiger partial charge in [0, 0.05) is 28.9 Å². The van der Waals surface area contributed by atoms with Gasteiger partial charge in [0.05, 0.1) is 12.0 Å². The summed E-state index contributed by atoms with van der Waals surface area (Å²) < 4.78 is 10.9. The van der Waals surface area contributed by atoms with Crippen LogP contribution in [0.4, 0.5) is 10.5 Å². The van der Waals surface area contributed by atoms with Crippen molar-refractivity contribution in [3.05, 3.63) is 63.6 Å². The normalized spacial score (nSPS) is 15.3. The molecular formula is C22H24Cl2N2O4. The summed E-state index contributed by atoms with van der Waals surface area (Å²) >= 11 is 12.3. The van der Waals surface area contributed by atoms with Gasteiger partial charge in [-0.25, -0.2) is 4.79 Å². The van der Waals surface area contributed by atoms with Gasteiger partial charge in [0.15, 0.2) is 0 Å². The Morgan fingerprint density at radius 1 is 1.07 bits per heavy atom. The van der Waals surface area contributed by atoms with Crippen LogP contribution in [0.5, 0.6) is 0 Å². The van der Waals surface area contributed by atoms with Crippen LogP contribution in [0.3, 0.4) is 0 Å². The fraction of sp³-hybridized carbons (Fsp3) is 0.364. The minimum Gasteiger partial charge on any atom is -0.447 e. The molecule has 6 nitrogen and oxygen atoms in total. The number of carbonyl (C=O) groups is 2. The van der Waals surface area contributed by atoms with E-state index in [4.69, 9.17) is 32.7 Å². The molecule has 2 aromatic rings. The van der Waals surface area contributed by atoms with Crippen LogP contribution >= 0.6 is 23.2 Å². The number of halogens is 2. The monoisotopic (exact) mass is 450 g/mol. The quantitative estimate of drug-likeness (QED) is 0.664. The van der Waals surface area contributed by atoms with Gasteiger partial charge in [0.2, 0.25) is 5.91 Å². The number of carbonyl (C=O) groups excluding carboxylic acids is 2. The van der Waals surface area contributed by atoms with Crippen molar-refractivity contribution >= 4 is 40.9 Å². The van der Waals surface area contributed by atoms with Gasteiger partial charge >= 0.3 is 6.09 Å². The van der Waals surface area contributed by atoms with E-state index in [9.17, 15) is 9.59 Å². The van der Waals surface area contributed by atoms with Gasteiger partial charge in [0.25, 0.3) is 0 Å². The average Bonchev–Trinajstić information content (AvgIpc) is 2.72. The minimum atomic E-state index is -0.683. The number of hydrogen-bond donors (Lipinski definition) is 2. The first-order valence-corrected chi connectivity index (χ1v) is 10.5. The van der Waals surface area contributed by atoms with Gasteiger partial charge in [0.1, 0.15) is 6.61 Å². The highest BCUT2D eigenvalue weighted by Crippen LogP contribution is 2.25. The number of amides is 2. The molecule has 0 spiro atoms. The Kier molecular flexibility index (Phi) is 7.58. The van der Waals surface area contributed by atoms with Crippen molar-refractivity contribution in [2.24, 2.45) is 0 Å². The van der Waals surface area contributed by atoms with Crippen LogP contribution in [0.1, 0.15) is 24.0 Å². The Morgan fingerprint density at radius 2 is 1.77 bits per heavy atom. The van der Waals surface area contributed by atoms with Crippen LogP contribution in [0.15, 0.2) is 42.5 Å². The zero-order chi connectivity index (χ0) is 21.6. The van der Waals surface area contributed by atoms with Crippen molar-refractivity contribution in [3.63, 3.8) is 0 Å². The number of benzene rings is 2. The molecule has 0 aromatic heterocycles. The third-order valence-electron chi connectivity index (χ3n) is 5.15. The van der Waals surface area contributed by atoms with E-state index in [0.29, 0.717) is 41.8 Å². The van der Waals surface area contributed by atoms with Crippen molar-refractivity contribution in [2.75, 3.05) is 25.1 Å². The Bertz CT molecular complexity index is 914. The van der Waals surface area contributed by atoms with Crippen molar-refractivity contribution in [1.29, 1.82) is 0 Å². The first-order valence-electron chi connectivity index (χ1n) is 9.70. The van der Waals surface area contributed by atoms with Crippen molar-refractivity contribution in [3.8, 4) is 0 Å². The van der Waals surface area contributed by atoms with Crippen LogP contribution in [0.2, 0.25) is 10.0 Å². The third-order valence-corrected chi connectivity index (χ3v) is 5.93. The molecule has 1 aliphatic heterocycles. The van der Waals surface area contributed by atoms with Crippen LogP contribution in [0.25, 0.3) is 0 Å². The second-order valence-corrected chi connectivity index (χ2v) is 8.14. The van der Waals surface area contributed by atoms with E-state index >= 15 is 0 Å². The second kappa shape index (κ2) is 10.2. The summed E-state index contributed by atoms with van der Waals surface area (Å²) in [4.78, 5) is 25.0.